The van der Waals surface area contributed by atoms with Crippen LogP contribution in [0.3, 0.4) is 0 Å². The van der Waals surface area contributed by atoms with E-state index < -0.39 is 0 Å². The van der Waals surface area contributed by atoms with E-state index in [4.69, 9.17) is 4.74 Å². The number of ether oxygens (including phenoxy) is 1. The highest BCUT2D eigenvalue weighted by Crippen LogP contribution is 2.30. The van der Waals surface area contributed by atoms with Gasteiger partial charge in [-0.2, -0.15) is 0 Å². The quantitative estimate of drug-likeness (QED) is 0.838. The zero-order chi connectivity index (χ0) is 15.1. The summed E-state index contributed by atoms with van der Waals surface area (Å²) < 4.78 is 5.79. The number of aromatic nitrogens is 1. The zero-order valence-electron chi connectivity index (χ0n) is 13.1. The average Bonchev–Trinajstić information content (AvgIpc) is 2.49. The molecule has 1 N–H and O–H groups in total. The Labute approximate surface area is 127 Å². The predicted molar refractivity (Wildman–Crippen MR) is 86.7 cm³/mol. The Morgan fingerprint density at radius 3 is 2.71 bits per heavy atom. The van der Waals surface area contributed by atoms with Crippen LogP contribution in [-0.4, -0.2) is 18.1 Å². The number of hydrogen-bond acceptors (Lipinski definition) is 3. The molecule has 0 aliphatic carbocycles. The Morgan fingerprint density at radius 2 is 2.00 bits per heavy atom. The Bertz CT molecular complexity index is 569. The van der Waals surface area contributed by atoms with Gasteiger partial charge < -0.3 is 10.1 Å². The second kappa shape index (κ2) is 7.79. The topological polar surface area (TPSA) is 34.2 Å². The molecule has 21 heavy (non-hydrogen) atoms. The van der Waals surface area contributed by atoms with Crippen molar-refractivity contribution in [2.75, 3.05) is 13.2 Å². The summed E-state index contributed by atoms with van der Waals surface area (Å²) in [4.78, 5) is 4.33. The van der Waals surface area contributed by atoms with E-state index in [1.165, 1.54) is 16.7 Å². The molecule has 0 bridgehead atoms. The number of nitrogens with one attached hydrogen (secondary N) is 1. The molecule has 1 aromatic carbocycles. The van der Waals surface area contributed by atoms with Gasteiger partial charge in [-0.3, -0.25) is 4.98 Å². The van der Waals surface area contributed by atoms with Gasteiger partial charge in [-0.25, -0.2) is 0 Å². The first kappa shape index (κ1) is 15.5. The second-order valence-electron chi connectivity index (χ2n) is 5.15. The van der Waals surface area contributed by atoms with Crippen molar-refractivity contribution in [1.82, 2.24) is 10.3 Å². The summed E-state index contributed by atoms with van der Waals surface area (Å²) >= 11 is 0. The molecule has 1 aromatic heterocycles. The molecule has 0 spiro atoms. The number of para-hydroxylation sites is 1. The van der Waals surface area contributed by atoms with Crippen LogP contribution in [0, 0.1) is 6.92 Å². The summed E-state index contributed by atoms with van der Waals surface area (Å²) in [7, 11) is 0. The van der Waals surface area contributed by atoms with E-state index in [0.717, 1.165) is 18.7 Å². The summed E-state index contributed by atoms with van der Waals surface area (Å²) in [6.45, 7) is 7.89. The third kappa shape index (κ3) is 4.05. The van der Waals surface area contributed by atoms with E-state index in [2.05, 4.69) is 42.3 Å². The van der Waals surface area contributed by atoms with Gasteiger partial charge in [0.15, 0.2) is 0 Å². The summed E-state index contributed by atoms with van der Waals surface area (Å²) in [6, 6.07) is 10.5. The minimum atomic E-state index is 0.111. The molecule has 0 aliphatic heterocycles. The lowest BCUT2D eigenvalue weighted by atomic mass is 9.98. The molecule has 0 amide bonds. The van der Waals surface area contributed by atoms with Gasteiger partial charge in [-0.05, 0) is 44.0 Å². The zero-order valence-corrected chi connectivity index (χ0v) is 13.1. The van der Waals surface area contributed by atoms with Crippen molar-refractivity contribution in [3.05, 3.63) is 59.4 Å². The summed E-state index contributed by atoms with van der Waals surface area (Å²) in [5.74, 6) is 0.940. The average molecular weight is 284 g/mol. The van der Waals surface area contributed by atoms with Gasteiger partial charge in [0, 0.05) is 18.0 Å². The standard InChI is InChI=1S/C18H24N2O/c1-4-10-20-18(15-11-14(3)12-19-13-15)16-8-6-7-9-17(16)21-5-2/h6-9,11-13,18,20H,4-5,10H2,1-3H3. The van der Waals surface area contributed by atoms with E-state index in [-0.39, 0.29) is 6.04 Å². The first-order chi connectivity index (χ1) is 10.3. The molecular formula is C18H24N2O. The van der Waals surface area contributed by atoms with Crippen molar-refractivity contribution >= 4 is 0 Å². The molecule has 1 heterocycles. The first-order valence-electron chi connectivity index (χ1n) is 7.63. The SMILES string of the molecule is CCCNC(c1cncc(C)c1)c1ccccc1OCC. The fraction of sp³-hybridized carbons (Fsp3) is 0.389. The lowest BCUT2D eigenvalue weighted by Crippen LogP contribution is -2.24. The van der Waals surface area contributed by atoms with Crippen LogP contribution in [0.4, 0.5) is 0 Å². The molecule has 0 fully saturated rings. The maximum Gasteiger partial charge on any atom is 0.124 e. The van der Waals surface area contributed by atoms with Crippen LogP contribution in [-0.2, 0) is 0 Å². The van der Waals surface area contributed by atoms with Crippen LogP contribution in [0.25, 0.3) is 0 Å². The van der Waals surface area contributed by atoms with Crippen LogP contribution < -0.4 is 10.1 Å². The largest absolute Gasteiger partial charge is 0.494 e. The molecule has 3 heteroatoms. The molecule has 1 unspecified atom stereocenters. The predicted octanol–water partition coefficient (Wildman–Crippen LogP) is 3.88. The van der Waals surface area contributed by atoms with Gasteiger partial charge in [0.1, 0.15) is 5.75 Å². The van der Waals surface area contributed by atoms with Crippen molar-refractivity contribution in [1.29, 1.82) is 0 Å². The summed E-state index contributed by atoms with van der Waals surface area (Å²) in [6.07, 6.45) is 4.91. The number of pyridine rings is 1. The highest BCUT2D eigenvalue weighted by atomic mass is 16.5. The van der Waals surface area contributed by atoms with Gasteiger partial charge in [-0.1, -0.05) is 31.2 Å². The van der Waals surface area contributed by atoms with Gasteiger partial charge in [0.2, 0.25) is 0 Å². The molecule has 0 radical (unpaired) electrons. The van der Waals surface area contributed by atoms with Gasteiger partial charge >= 0.3 is 0 Å². The van der Waals surface area contributed by atoms with Crippen LogP contribution in [0.1, 0.15) is 43.0 Å². The fourth-order valence-electron chi connectivity index (χ4n) is 2.44. The van der Waals surface area contributed by atoms with Gasteiger partial charge in [-0.15, -0.1) is 0 Å². The maximum atomic E-state index is 5.79. The van der Waals surface area contributed by atoms with Crippen LogP contribution in [0.5, 0.6) is 5.75 Å². The molecule has 0 saturated carbocycles. The van der Waals surface area contributed by atoms with E-state index in [1.54, 1.807) is 0 Å². The lowest BCUT2D eigenvalue weighted by Gasteiger charge is -2.22. The number of aryl methyl sites for hydroxylation is 1. The van der Waals surface area contributed by atoms with Crippen molar-refractivity contribution in [2.45, 2.75) is 33.2 Å². The van der Waals surface area contributed by atoms with Crippen LogP contribution in [0.2, 0.25) is 0 Å². The molecular weight excluding hydrogens is 260 g/mol. The van der Waals surface area contributed by atoms with E-state index in [9.17, 15) is 0 Å². The van der Waals surface area contributed by atoms with Crippen molar-refractivity contribution in [2.24, 2.45) is 0 Å². The number of hydrogen-bond donors (Lipinski definition) is 1. The summed E-state index contributed by atoms with van der Waals surface area (Å²) in [5.41, 5.74) is 3.51. The van der Waals surface area contributed by atoms with E-state index in [0.29, 0.717) is 6.61 Å². The van der Waals surface area contributed by atoms with E-state index >= 15 is 0 Å². The third-order valence-electron chi connectivity index (χ3n) is 3.36. The van der Waals surface area contributed by atoms with Crippen LogP contribution in [0.15, 0.2) is 42.7 Å². The second-order valence-corrected chi connectivity index (χ2v) is 5.15. The summed E-state index contributed by atoms with van der Waals surface area (Å²) in [5, 5.41) is 3.61. The van der Waals surface area contributed by atoms with Crippen molar-refractivity contribution < 1.29 is 4.74 Å². The number of nitrogens with zero attached hydrogens (tertiary/aromatic N) is 1. The number of benzene rings is 1. The Balaban J connectivity index is 2.40. The lowest BCUT2D eigenvalue weighted by molar-refractivity contribution is 0.333. The van der Waals surface area contributed by atoms with Gasteiger partial charge in [0.25, 0.3) is 0 Å². The number of rotatable bonds is 7. The van der Waals surface area contributed by atoms with Crippen molar-refractivity contribution in [3.63, 3.8) is 0 Å². The molecule has 0 aliphatic rings. The molecule has 1 atom stereocenters. The Hall–Kier alpha value is -1.87. The van der Waals surface area contributed by atoms with Gasteiger partial charge in [0.05, 0.1) is 12.6 Å². The Kier molecular flexibility index (Phi) is 5.76. The third-order valence-corrected chi connectivity index (χ3v) is 3.36. The monoisotopic (exact) mass is 284 g/mol. The molecule has 3 nitrogen and oxygen atoms in total. The molecule has 2 rings (SSSR count). The smallest absolute Gasteiger partial charge is 0.124 e. The minimum Gasteiger partial charge on any atom is -0.494 e. The normalized spacial score (nSPS) is 12.1. The fourth-order valence-corrected chi connectivity index (χ4v) is 2.44. The highest BCUT2D eigenvalue weighted by molar-refractivity contribution is 5.41. The van der Waals surface area contributed by atoms with E-state index in [1.807, 2.05) is 31.5 Å². The van der Waals surface area contributed by atoms with Crippen molar-refractivity contribution in [3.8, 4) is 5.75 Å². The maximum absolute atomic E-state index is 5.79. The first-order valence-corrected chi connectivity index (χ1v) is 7.63. The molecule has 112 valence electrons. The minimum absolute atomic E-state index is 0.111. The molecule has 2 aromatic rings. The molecule has 0 saturated heterocycles. The van der Waals surface area contributed by atoms with Crippen LogP contribution >= 0.6 is 0 Å². The Morgan fingerprint density at radius 1 is 1.19 bits per heavy atom. The highest BCUT2D eigenvalue weighted by Gasteiger charge is 2.17.